The Balaban J connectivity index is 1.18. The van der Waals surface area contributed by atoms with Crippen molar-refractivity contribution in [2.75, 3.05) is 0 Å². The number of ether oxygens (including phenoxy) is 1. The highest BCUT2D eigenvalue weighted by Crippen LogP contribution is 2.74. The quantitative estimate of drug-likeness (QED) is 0.149. The van der Waals surface area contributed by atoms with Crippen LogP contribution in [0, 0.1) is 57.2 Å². The Morgan fingerprint density at radius 2 is 1.16 bits per heavy atom. The van der Waals surface area contributed by atoms with Gasteiger partial charge in [0.05, 0.1) is 12.2 Å². The molecule has 8 aliphatic rings. The lowest BCUT2D eigenvalue weighted by molar-refractivity contribution is -0.247. The SMILES string of the molecule is C[C@@H]1CC2C3CC(F)=C4CC(=O)C=C[C@]4(C)[C@@]3(F)[C@@H](O)C[C@]2(C)[C@@]1(O)C(=O)O[C@]1(C(=O)S)[C@H](C)CC2C3CC(F)=C4CC(=O)C=C[C@]4(C)[C@@]3(F)[C@@H](O)C[C@@]21C. The number of rotatable bonds is 3. The van der Waals surface area contributed by atoms with Crippen LogP contribution in [0.25, 0.3) is 0 Å². The average molecular weight is 791 g/mol. The van der Waals surface area contributed by atoms with Crippen LogP contribution in [0.2, 0.25) is 0 Å². The van der Waals surface area contributed by atoms with Crippen molar-refractivity contribution in [3.8, 4) is 0 Å². The van der Waals surface area contributed by atoms with Gasteiger partial charge in [-0.15, -0.1) is 12.6 Å². The highest BCUT2D eigenvalue weighted by molar-refractivity contribution is 7.96. The summed E-state index contributed by atoms with van der Waals surface area (Å²) in [6.45, 7) is 9.28. The maximum Gasteiger partial charge on any atom is 0.340 e. The summed E-state index contributed by atoms with van der Waals surface area (Å²) < 4.78 is 74.1. The molecular weight excluding hydrogens is 741 g/mol. The maximum absolute atomic E-state index is 17.9. The highest BCUT2D eigenvalue weighted by Gasteiger charge is 2.80. The third-order valence-electron chi connectivity index (χ3n) is 17.3. The summed E-state index contributed by atoms with van der Waals surface area (Å²) in [5.74, 6) is -9.21. The fourth-order valence-corrected chi connectivity index (χ4v) is 14.9. The lowest BCUT2D eigenvalue weighted by Gasteiger charge is -2.63. The summed E-state index contributed by atoms with van der Waals surface area (Å²) in [4.78, 5) is 53.6. The van der Waals surface area contributed by atoms with Gasteiger partial charge in [-0.25, -0.2) is 22.4 Å². The first-order chi connectivity index (χ1) is 25.4. The third-order valence-corrected chi connectivity index (χ3v) is 17.7. The molecule has 4 fully saturated rings. The topological polar surface area (TPSA) is 138 Å². The Bertz CT molecular complexity index is 1960. The van der Waals surface area contributed by atoms with Crippen LogP contribution >= 0.6 is 12.6 Å². The van der Waals surface area contributed by atoms with Crippen molar-refractivity contribution in [1.82, 2.24) is 0 Å². The van der Waals surface area contributed by atoms with Gasteiger partial charge in [-0.1, -0.05) is 39.8 Å². The number of esters is 1. The number of ketones is 2. The van der Waals surface area contributed by atoms with Crippen LogP contribution in [0.15, 0.2) is 47.1 Å². The Hall–Kier alpha value is -2.61. The summed E-state index contributed by atoms with van der Waals surface area (Å²) in [5.41, 5.74) is -16.0. The first kappa shape index (κ1) is 39.2. The molecule has 0 radical (unpaired) electrons. The zero-order valence-electron chi connectivity index (χ0n) is 31.9. The normalized spacial score (nSPS) is 53.9. The van der Waals surface area contributed by atoms with Crippen molar-refractivity contribution in [2.45, 2.75) is 128 Å². The fourth-order valence-electron chi connectivity index (χ4n) is 14.4. The molecule has 3 N–H and O–H groups in total. The van der Waals surface area contributed by atoms with Gasteiger partial charge >= 0.3 is 5.97 Å². The van der Waals surface area contributed by atoms with Gasteiger partial charge in [0.2, 0.25) is 5.12 Å². The van der Waals surface area contributed by atoms with Crippen molar-refractivity contribution in [3.63, 3.8) is 0 Å². The van der Waals surface area contributed by atoms with Crippen LogP contribution < -0.4 is 0 Å². The largest absolute Gasteiger partial charge is 0.447 e. The smallest absolute Gasteiger partial charge is 0.340 e. The van der Waals surface area contributed by atoms with E-state index >= 15 is 17.6 Å². The number of allylic oxidation sites excluding steroid dienone is 8. The molecule has 4 saturated carbocycles. The standard InChI is InChI=1S/C42H50F4O8S/c1-19-11-23-25-15-29(43)27-13-21(47)7-9-35(27,3)39(25,45)31(49)17-37(23,5)41(19,53)33(51)54-42(34(52)55)20(2)12-24-26-16-30(44)28-14-22(48)8-10-36(28,4)40(26,46)32(50)18-38(24,42)6/h7-10,19-20,23-26,31-32,49-50,53H,11-18H2,1-6H3,(H,52,55)/t19-,20-,23?,24?,25?,26?,31+,32+,35+,36+,37+,38+,39+,40+,41+,42+/m1/s1. The molecule has 0 spiro atoms. The molecule has 8 nitrogen and oxygen atoms in total. The van der Waals surface area contributed by atoms with Gasteiger partial charge in [0.15, 0.2) is 34.1 Å². The molecule has 4 unspecified atom stereocenters. The van der Waals surface area contributed by atoms with Crippen molar-refractivity contribution >= 4 is 35.3 Å². The number of aliphatic hydroxyl groups is 3. The van der Waals surface area contributed by atoms with E-state index in [4.69, 9.17) is 4.74 Å². The van der Waals surface area contributed by atoms with E-state index in [1.807, 2.05) is 0 Å². The van der Waals surface area contributed by atoms with Crippen LogP contribution in [0.3, 0.4) is 0 Å². The summed E-state index contributed by atoms with van der Waals surface area (Å²) in [5, 5.41) is 35.6. The minimum Gasteiger partial charge on any atom is -0.447 e. The summed E-state index contributed by atoms with van der Waals surface area (Å²) in [6.07, 6.45) is -0.833. The van der Waals surface area contributed by atoms with E-state index in [2.05, 4.69) is 12.6 Å². The molecule has 0 aliphatic heterocycles. The number of hydrogen-bond donors (Lipinski definition) is 4. The number of alkyl halides is 2. The van der Waals surface area contributed by atoms with E-state index in [1.165, 1.54) is 38.2 Å². The molecule has 13 heteroatoms. The summed E-state index contributed by atoms with van der Waals surface area (Å²) in [7, 11) is 0. The number of hydrogen-bond acceptors (Lipinski definition) is 8. The maximum atomic E-state index is 17.9. The van der Waals surface area contributed by atoms with Gasteiger partial charge in [-0.2, -0.15) is 0 Å². The second-order valence-corrected chi connectivity index (χ2v) is 19.6. The Labute approximate surface area is 323 Å². The van der Waals surface area contributed by atoms with Crippen molar-refractivity contribution in [3.05, 3.63) is 47.1 Å². The minimum atomic E-state index is -2.45. The van der Waals surface area contributed by atoms with Gasteiger partial charge in [-0.05, 0) is 80.6 Å². The molecule has 0 heterocycles. The molecule has 0 bridgehead atoms. The second kappa shape index (κ2) is 11.5. The molecule has 0 saturated heterocycles. The van der Waals surface area contributed by atoms with Gasteiger partial charge in [0, 0.05) is 65.1 Å². The molecule has 0 aromatic heterocycles. The molecular formula is C42H50F4O8S. The number of carbonyl (C=O) groups is 4. The van der Waals surface area contributed by atoms with Gasteiger partial charge in [0.1, 0.15) is 11.7 Å². The van der Waals surface area contributed by atoms with E-state index < -0.39 is 140 Å². The predicted molar refractivity (Wildman–Crippen MR) is 194 cm³/mol. The van der Waals surface area contributed by atoms with Crippen LogP contribution in [-0.4, -0.2) is 72.7 Å². The predicted octanol–water partition coefficient (Wildman–Crippen LogP) is 6.28. The summed E-state index contributed by atoms with van der Waals surface area (Å²) >= 11 is 4.26. The zero-order chi connectivity index (χ0) is 40.4. The number of fused-ring (bicyclic) bond motifs is 10. The van der Waals surface area contributed by atoms with Crippen molar-refractivity contribution in [2.24, 2.45) is 57.2 Å². The highest BCUT2D eigenvalue weighted by atomic mass is 32.1. The van der Waals surface area contributed by atoms with Crippen LogP contribution in [0.1, 0.15) is 92.9 Å². The van der Waals surface area contributed by atoms with Gasteiger partial charge in [0.25, 0.3) is 0 Å². The number of aliphatic hydroxyl groups excluding tert-OH is 2. The Kier molecular flexibility index (Phi) is 8.22. The van der Waals surface area contributed by atoms with Crippen molar-refractivity contribution in [1.29, 1.82) is 0 Å². The molecule has 8 aliphatic carbocycles. The van der Waals surface area contributed by atoms with Gasteiger partial charge < -0.3 is 20.1 Å². The average Bonchev–Trinajstić information content (AvgIpc) is 3.45. The Morgan fingerprint density at radius 1 is 0.745 bits per heavy atom. The summed E-state index contributed by atoms with van der Waals surface area (Å²) in [6, 6.07) is 0. The van der Waals surface area contributed by atoms with Crippen molar-refractivity contribution < 1.29 is 56.8 Å². The molecule has 300 valence electrons. The van der Waals surface area contributed by atoms with E-state index in [0.717, 1.165) is 0 Å². The van der Waals surface area contributed by atoms with E-state index in [-0.39, 0.29) is 48.4 Å². The lowest BCUT2D eigenvalue weighted by Crippen LogP contribution is -2.71. The first-order valence-electron chi connectivity index (χ1n) is 19.5. The van der Waals surface area contributed by atoms with E-state index in [9.17, 15) is 34.5 Å². The van der Waals surface area contributed by atoms with Crippen LogP contribution in [0.5, 0.6) is 0 Å². The van der Waals surface area contributed by atoms with E-state index in [1.54, 1.807) is 27.7 Å². The zero-order valence-corrected chi connectivity index (χ0v) is 32.8. The minimum absolute atomic E-state index is 0.0193. The van der Waals surface area contributed by atoms with Crippen LogP contribution in [-0.2, 0) is 23.9 Å². The number of thiol groups is 1. The molecule has 0 aromatic rings. The number of carbonyl (C=O) groups excluding carboxylic acids is 4. The molecule has 0 aromatic carbocycles. The molecule has 0 amide bonds. The van der Waals surface area contributed by atoms with E-state index in [0.29, 0.717) is 0 Å². The molecule has 16 atom stereocenters. The lowest BCUT2D eigenvalue weighted by atomic mass is 9.45. The molecule has 55 heavy (non-hydrogen) atoms. The molecule has 8 rings (SSSR count). The number of halogens is 4. The van der Waals surface area contributed by atoms with Gasteiger partial charge in [-0.3, -0.25) is 14.4 Å². The Morgan fingerprint density at radius 3 is 1.62 bits per heavy atom. The van der Waals surface area contributed by atoms with Crippen LogP contribution in [0.4, 0.5) is 17.6 Å². The monoisotopic (exact) mass is 790 g/mol. The fraction of sp³-hybridized carbons (Fsp3) is 0.714. The third kappa shape index (κ3) is 4.22. The second-order valence-electron chi connectivity index (χ2n) is 19.2. The first-order valence-corrected chi connectivity index (χ1v) is 19.9.